The van der Waals surface area contributed by atoms with Crippen LogP contribution in [0, 0.1) is 0 Å². The molecular formula is C54H34N2O. The van der Waals surface area contributed by atoms with Gasteiger partial charge >= 0.3 is 0 Å². The number of nitrogens with zero attached hydrogens (tertiary/aromatic N) is 2. The standard InChI is InChI=1S/C54H34N2O/c1-3-13-35(14-4-1)37-23-27-41(28-24-37)55-48-20-10-7-17-42(48)44-29-25-39(33-51(44)55)38-26-30-50-46(31-38)43-18-8-11-21-49(43)56(50)52-34-40(36-15-5-2-6-16-36)32-47-45-19-9-12-22-53(45)57-54(47)52/h1-34H. The number of benzene rings is 9. The number of fused-ring (bicyclic) bond motifs is 9. The second-order valence-corrected chi connectivity index (χ2v) is 14.9. The highest BCUT2D eigenvalue weighted by molar-refractivity contribution is 6.15. The van der Waals surface area contributed by atoms with Crippen molar-refractivity contribution in [2.75, 3.05) is 0 Å². The summed E-state index contributed by atoms with van der Waals surface area (Å²) < 4.78 is 11.5. The summed E-state index contributed by atoms with van der Waals surface area (Å²) in [6.45, 7) is 0. The van der Waals surface area contributed by atoms with E-state index in [9.17, 15) is 0 Å². The van der Waals surface area contributed by atoms with Crippen LogP contribution in [0.25, 0.3) is 110 Å². The lowest BCUT2D eigenvalue weighted by molar-refractivity contribution is 0.666. The van der Waals surface area contributed by atoms with E-state index in [2.05, 4.69) is 209 Å². The average molecular weight is 727 g/mol. The molecule has 3 heteroatoms. The van der Waals surface area contributed by atoms with Crippen molar-refractivity contribution < 1.29 is 4.42 Å². The van der Waals surface area contributed by atoms with Gasteiger partial charge in [-0.2, -0.15) is 0 Å². The third-order valence-electron chi connectivity index (χ3n) is 11.7. The van der Waals surface area contributed by atoms with Gasteiger partial charge in [0.05, 0.1) is 27.8 Å². The summed E-state index contributed by atoms with van der Waals surface area (Å²) in [5.41, 5.74) is 15.7. The van der Waals surface area contributed by atoms with E-state index >= 15 is 0 Å². The van der Waals surface area contributed by atoms with Crippen molar-refractivity contribution >= 4 is 65.6 Å². The first kappa shape index (κ1) is 31.7. The van der Waals surface area contributed by atoms with Crippen molar-refractivity contribution in [3.63, 3.8) is 0 Å². The van der Waals surface area contributed by atoms with E-state index < -0.39 is 0 Å². The quantitative estimate of drug-likeness (QED) is 0.173. The minimum absolute atomic E-state index is 0.887. The van der Waals surface area contributed by atoms with Gasteiger partial charge in [0.15, 0.2) is 5.58 Å². The Labute approximate surface area is 328 Å². The Kier molecular flexibility index (Phi) is 6.93. The van der Waals surface area contributed by atoms with Crippen molar-refractivity contribution in [3.05, 3.63) is 206 Å². The van der Waals surface area contributed by atoms with Crippen LogP contribution in [-0.4, -0.2) is 9.13 Å². The number of rotatable bonds is 5. The second-order valence-electron chi connectivity index (χ2n) is 14.9. The first-order chi connectivity index (χ1) is 28.3. The highest BCUT2D eigenvalue weighted by Gasteiger charge is 2.20. The zero-order valence-corrected chi connectivity index (χ0v) is 30.9. The van der Waals surface area contributed by atoms with Crippen molar-refractivity contribution in [2.45, 2.75) is 0 Å². The number of aromatic nitrogens is 2. The minimum Gasteiger partial charge on any atom is -0.454 e. The summed E-state index contributed by atoms with van der Waals surface area (Å²) in [7, 11) is 0. The van der Waals surface area contributed by atoms with Crippen molar-refractivity contribution in [1.29, 1.82) is 0 Å². The van der Waals surface area contributed by atoms with E-state index in [-0.39, 0.29) is 0 Å². The first-order valence-corrected chi connectivity index (χ1v) is 19.5. The molecule has 0 fully saturated rings. The number of furan rings is 1. The van der Waals surface area contributed by atoms with Gasteiger partial charge in [-0.15, -0.1) is 0 Å². The molecule has 3 aromatic heterocycles. The van der Waals surface area contributed by atoms with Gasteiger partial charge in [0.1, 0.15) is 5.58 Å². The topological polar surface area (TPSA) is 23.0 Å². The molecule has 0 bridgehead atoms. The second kappa shape index (κ2) is 12.5. The van der Waals surface area contributed by atoms with Gasteiger partial charge in [-0.1, -0.05) is 146 Å². The Hall–Kier alpha value is -7.62. The van der Waals surface area contributed by atoms with Crippen molar-refractivity contribution in [1.82, 2.24) is 9.13 Å². The van der Waals surface area contributed by atoms with Crippen LogP contribution in [0.15, 0.2) is 211 Å². The highest BCUT2D eigenvalue weighted by Crippen LogP contribution is 2.42. The molecule has 0 aliphatic rings. The summed E-state index contributed by atoms with van der Waals surface area (Å²) >= 11 is 0. The van der Waals surface area contributed by atoms with Crippen LogP contribution in [0.5, 0.6) is 0 Å². The largest absolute Gasteiger partial charge is 0.454 e. The third kappa shape index (κ3) is 4.92. The number of para-hydroxylation sites is 3. The molecule has 57 heavy (non-hydrogen) atoms. The molecule has 3 heterocycles. The fourth-order valence-electron chi connectivity index (χ4n) is 9.05. The summed E-state index contributed by atoms with van der Waals surface area (Å²) in [5.74, 6) is 0. The molecule has 12 rings (SSSR count). The van der Waals surface area contributed by atoms with Crippen LogP contribution in [-0.2, 0) is 0 Å². The monoisotopic (exact) mass is 726 g/mol. The van der Waals surface area contributed by atoms with E-state index in [1.54, 1.807) is 0 Å². The molecule has 9 aromatic carbocycles. The zero-order valence-electron chi connectivity index (χ0n) is 30.9. The lowest BCUT2D eigenvalue weighted by atomic mass is 10.0. The van der Waals surface area contributed by atoms with Crippen LogP contribution >= 0.6 is 0 Å². The summed E-state index contributed by atoms with van der Waals surface area (Å²) in [5, 5.41) is 7.14. The molecule has 0 unspecified atom stereocenters. The van der Waals surface area contributed by atoms with Gasteiger partial charge in [0.2, 0.25) is 0 Å². The molecule has 0 saturated heterocycles. The van der Waals surface area contributed by atoms with Gasteiger partial charge in [0, 0.05) is 38.0 Å². The Morgan fingerprint density at radius 1 is 0.281 bits per heavy atom. The molecule has 0 atom stereocenters. The molecule has 0 N–H and O–H groups in total. The number of hydrogen-bond donors (Lipinski definition) is 0. The van der Waals surface area contributed by atoms with Gasteiger partial charge in [0.25, 0.3) is 0 Å². The molecule has 12 aromatic rings. The fraction of sp³-hybridized carbons (Fsp3) is 0. The third-order valence-corrected chi connectivity index (χ3v) is 11.7. The van der Waals surface area contributed by atoms with E-state index in [0.29, 0.717) is 0 Å². The molecular weight excluding hydrogens is 693 g/mol. The molecule has 0 amide bonds. The van der Waals surface area contributed by atoms with Crippen LogP contribution < -0.4 is 0 Å². The molecule has 0 aliphatic carbocycles. The first-order valence-electron chi connectivity index (χ1n) is 19.5. The Morgan fingerprint density at radius 2 is 0.789 bits per heavy atom. The molecule has 0 aliphatic heterocycles. The van der Waals surface area contributed by atoms with E-state index in [1.165, 1.54) is 60.4 Å². The smallest absolute Gasteiger partial charge is 0.159 e. The van der Waals surface area contributed by atoms with E-state index in [0.717, 1.165) is 49.9 Å². The maximum atomic E-state index is 6.71. The van der Waals surface area contributed by atoms with Crippen molar-refractivity contribution in [3.8, 4) is 44.8 Å². The van der Waals surface area contributed by atoms with Crippen LogP contribution in [0.4, 0.5) is 0 Å². The van der Waals surface area contributed by atoms with Crippen LogP contribution in [0.3, 0.4) is 0 Å². The zero-order chi connectivity index (χ0) is 37.5. The summed E-state index contributed by atoms with van der Waals surface area (Å²) in [6.07, 6.45) is 0. The molecule has 0 radical (unpaired) electrons. The average Bonchev–Trinajstić information content (AvgIpc) is 3.94. The summed E-state index contributed by atoms with van der Waals surface area (Å²) in [6, 6.07) is 74.4. The van der Waals surface area contributed by atoms with Crippen LogP contribution in [0.1, 0.15) is 0 Å². The Morgan fingerprint density at radius 3 is 1.54 bits per heavy atom. The van der Waals surface area contributed by atoms with Crippen LogP contribution in [0.2, 0.25) is 0 Å². The minimum atomic E-state index is 0.887. The lowest BCUT2D eigenvalue weighted by Gasteiger charge is -2.12. The highest BCUT2D eigenvalue weighted by atomic mass is 16.3. The predicted molar refractivity (Wildman–Crippen MR) is 239 cm³/mol. The Bertz CT molecular complexity index is 3490. The van der Waals surface area contributed by atoms with Gasteiger partial charge in [-0.3, -0.25) is 0 Å². The predicted octanol–water partition coefficient (Wildman–Crippen LogP) is 14.8. The Balaban J connectivity index is 1.05. The normalized spacial score (nSPS) is 11.9. The molecule has 0 saturated carbocycles. The van der Waals surface area contributed by atoms with Gasteiger partial charge in [-0.05, 0) is 94.0 Å². The fourth-order valence-corrected chi connectivity index (χ4v) is 9.05. The molecule has 0 spiro atoms. The molecule has 3 nitrogen and oxygen atoms in total. The van der Waals surface area contributed by atoms with Gasteiger partial charge < -0.3 is 13.6 Å². The maximum Gasteiger partial charge on any atom is 0.159 e. The lowest BCUT2D eigenvalue weighted by Crippen LogP contribution is -1.96. The van der Waals surface area contributed by atoms with E-state index in [1.807, 2.05) is 6.07 Å². The van der Waals surface area contributed by atoms with Gasteiger partial charge in [-0.25, -0.2) is 0 Å². The van der Waals surface area contributed by atoms with E-state index in [4.69, 9.17) is 4.42 Å². The SMILES string of the molecule is c1ccc(-c2ccc(-n3c4ccccc4c4ccc(-c5ccc6c(c5)c5ccccc5n6-c5cc(-c6ccccc6)cc6c5oc5ccccc56)cc43)cc2)cc1. The maximum absolute atomic E-state index is 6.71. The van der Waals surface area contributed by atoms with Crippen molar-refractivity contribution in [2.24, 2.45) is 0 Å². The number of hydrogen-bond acceptors (Lipinski definition) is 1. The molecule has 266 valence electrons. The summed E-state index contributed by atoms with van der Waals surface area (Å²) in [4.78, 5) is 0.